The van der Waals surface area contributed by atoms with E-state index in [1.165, 1.54) is 7.11 Å². The number of hydroxylamine groups is 1. The number of benzene rings is 2. The fraction of sp³-hybridized carbons (Fsp3) is 0.320. The predicted molar refractivity (Wildman–Crippen MR) is 123 cm³/mol. The van der Waals surface area contributed by atoms with Gasteiger partial charge in [-0.3, -0.25) is 9.63 Å². The fourth-order valence-electron chi connectivity index (χ4n) is 3.70. The second-order valence-corrected chi connectivity index (χ2v) is 7.52. The smallest absolute Gasteiger partial charge is 0.407 e. The lowest BCUT2D eigenvalue weighted by Gasteiger charge is -2.19. The zero-order chi connectivity index (χ0) is 24.5. The largest absolute Gasteiger partial charge is 0.479 e. The second-order valence-electron chi connectivity index (χ2n) is 7.52. The van der Waals surface area contributed by atoms with E-state index in [1.54, 1.807) is 6.92 Å². The van der Waals surface area contributed by atoms with Gasteiger partial charge in [0.05, 0.1) is 6.61 Å². The van der Waals surface area contributed by atoms with Crippen LogP contribution in [0, 0.1) is 11.8 Å². The molecule has 1 aliphatic carbocycles. The molecule has 3 N–H and O–H groups in total. The van der Waals surface area contributed by atoms with Crippen molar-refractivity contribution in [2.45, 2.75) is 31.4 Å². The van der Waals surface area contributed by atoms with E-state index < -0.39 is 30.1 Å². The number of rotatable bonds is 10. The highest BCUT2D eigenvalue weighted by atomic mass is 16.7. The van der Waals surface area contributed by atoms with Crippen molar-refractivity contribution in [1.82, 2.24) is 10.8 Å². The molecular weight excluding hydrogens is 440 g/mol. The number of ether oxygens (including phenoxy) is 2. The van der Waals surface area contributed by atoms with Crippen molar-refractivity contribution >= 4 is 18.0 Å². The summed E-state index contributed by atoms with van der Waals surface area (Å²) in [7, 11) is 1.31. The lowest BCUT2D eigenvalue weighted by molar-refractivity contribution is -0.165. The van der Waals surface area contributed by atoms with E-state index in [4.69, 9.17) is 19.4 Å². The fourth-order valence-corrected chi connectivity index (χ4v) is 3.70. The Labute approximate surface area is 197 Å². The van der Waals surface area contributed by atoms with Crippen molar-refractivity contribution < 1.29 is 33.8 Å². The van der Waals surface area contributed by atoms with E-state index in [9.17, 15) is 14.4 Å². The Morgan fingerprint density at radius 1 is 1.06 bits per heavy atom. The van der Waals surface area contributed by atoms with Crippen molar-refractivity contribution in [3.63, 3.8) is 0 Å². The first-order valence-corrected chi connectivity index (χ1v) is 10.6. The van der Waals surface area contributed by atoms with E-state index in [-0.39, 0.29) is 25.6 Å². The van der Waals surface area contributed by atoms with Crippen LogP contribution in [0.5, 0.6) is 0 Å². The third-order valence-electron chi connectivity index (χ3n) is 5.33. The minimum absolute atomic E-state index is 0.0160. The normalized spacial score (nSPS) is 13.5. The minimum atomic E-state index is -1.40. The summed E-state index contributed by atoms with van der Waals surface area (Å²) in [5, 5.41) is 11.6. The van der Waals surface area contributed by atoms with Crippen LogP contribution in [-0.2, 0) is 23.9 Å². The summed E-state index contributed by atoms with van der Waals surface area (Å²) in [4.78, 5) is 41.1. The molecule has 0 spiro atoms. The number of carbonyl (C=O) groups is 3. The molecule has 2 amide bonds. The summed E-state index contributed by atoms with van der Waals surface area (Å²) < 4.78 is 10.2. The predicted octanol–water partition coefficient (Wildman–Crippen LogP) is 2.45. The number of amides is 2. The van der Waals surface area contributed by atoms with Gasteiger partial charge in [-0.05, 0) is 29.2 Å². The zero-order valence-electron chi connectivity index (χ0n) is 18.9. The number of aliphatic carboxylic acids is 1. The summed E-state index contributed by atoms with van der Waals surface area (Å²) >= 11 is 0. The highest BCUT2D eigenvalue weighted by Gasteiger charge is 2.30. The molecule has 9 nitrogen and oxygen atoms in total. The molecule has 34 heavy (non-hydrogen) atoms. The Hall–Kier alpha value is -3.87. The van der Waals surface area contributed by atoms with Crippen LogP contribution >= 0.6 is 0 Å². The SMILES string of the molecule is CC#CCC(NC(=O)OCC1c2ccccc2-c2ccccc21)C(=O)NOC(COC)C(=O)O. The van der Waals surface area contributed by atoms with Crippen LogP contribution in [0.1, 0.15) is 30.4 Å². The van der Waals surface area contributed by atoms with Gasteiger partial charge in [-0.15, -0.1) is 11.8 Å². The van der Waals surface area contributed by atoms with Gasteiger partial charge in [0.15, 0.2) is 0 Å². The summed E-state index contributed by atoms with van der Waals surface area (Å²) in [5.41, 5.74) is 6.38. The molecule has 3 rings (SSSR count). The standard InChI is InChI=1S/C25H26N2O7/c1-3-4-13-21(23(28)27-34-22(15-32-2)24(29)30)26-25(31)33-14-20-18-11-7-5-9-16(18)17-10-6-8-12-19(17)20/h5-12,20-22H,13-15H2,1-2H3,(H,26,31)(H,27,28)(H,29,30). The summed E-state index contributed by atoms with van der Waals surface area (Å²) in [6.07, 6.45) is -2.22. The maximum atomic E-state index is 12.5. The molecule has 2 atom stereocenters. The van der Waals surface area contributed by atoms with Crippen LogP contribution in [0.4, 0.5) is 4.79 Å². The van der Waals surface area contributed by atoms with E-state index in [1.807, 2.05) is 54.0 Å². The molecule has 178 valence electrons. The highest BCUT2D eigenvalue weighted by Crippen LogP contribution is 2.44. The molecule has 0 bridgehead atoms. The average molecular weight is 466 g/mol. The molecule has 0 aromatic heterocycles. The van der Waals surface area contributed by atoms with Crippen LogP contribution in [0.15, 0.2) is 48.5 Å². The monoisotopic (exact) mass is 466 g/mol. The van der Waals surface area contributed by atoms with Crippen molar-refractivity contribution in [3.05, 3.63) is 59.7 Å². The molecule has 2 aromatic rings. The summed E-state index contributed by atoms with van der Waals surface area (Å²) in [6, 6.07) is 14.8. The van der Waals surface area contributed by atoms with Crippen LogP contribution in [-0.4, -0.2) is 55.5 Å². The van der Waals surface area contributed by atoms with Gasteiger partial charge in [0.1, 0.15) is 12.6 Å². The molecule has 2 unspecified atom stereocenters. The Balaban J connectivity index is 1.62. The number of hydrogen-bond donors (Lipinski definition) is 3. The lowest BCUT2D eigenvalue weighted by atomic mass is 9.98. The first-order chi connectivity index (χ1) is 16.5. The third-order valence-corrected chi connectivity index (χ3v) is 5.33. The molecule has 0 heterocycles. The topological polar surface area (TPSA) is 123 Å². The van der Waals surface area contributed by atoms with Crippen molar-refractivity contribution in [3.8, 4) is 23.0 Å². The Bertz CT molecular complexity index is 1060. The van der Waals surface area contributed by atoms with Gasteiger partial charge in [-0.2, -0.15) is 0 Å². The van der Waals surface area contributed by atoms with Gasteiger partial charge < -0.3 is 19.9 Å². The molecule has 0 saturated heterocycles. The Morgan fingerprint density at radius 2 is 1.68 bits per heavy atom. The number of carboxylic acid groups (broad SMARTS) is 1. The van der Waals surface area contributed by atoms with Crippen LogP contribution < -0.4 is 10.8 Å². The minimum Gasteiger partial charge on any atom is -0.479 e. The molecule has 9 heteroatoms. The van der Waals surface area contributed by atoms with Crippen LogP contribution in [0.2, 0.25) is 0 Å². The molecule has 2 aromatic carbocycles. The lowest BCUT2D eigenvalue weighted by Crippen LogP contribution is -2.48. The molecule has 0 saturated carbocycles. The summed E-state index contributed by atoms with van der Waals surface area (Å²) in [6.45, 7) is 1.41. The van der Waals surface area contributed by atoms with Gasteiger partial charge >= 0.3 is 12.1 Å². The summed E-state index contributed by atoms with van der Waals surface area (Å²) in [5.74, 6) is 3.16. The molecule has 0 aliphatic heterocycles. The highest BCUT2D eigenvalue weighted by molar-refractivity contribution is 5.85. The van der Waals surface area contributed by atoms with E-state index in [0.717, 1.165) is 22.3 Å². The first kappa shape index (κ1) is 24.8. The van der Waals surface area contributed by atoms with Crippen molar-refractivity contribution in [2.24, 2.45) is 0 Å². The molecular formula is C25H26N2O7. The van der Waals surface area contributed by atoms with Gasteiger partial charge in [0.25, 0.3) is 5.91 Å². The van der Waals surface area contributed by atoms with Gasteiger partial charge in [-0.1, -0.05) is 48.5 Å². The number of nitrogens with one attached hydrogen (secondary N) is 2. The van der Waals surface area contributed by atoms with Crippen molar-refractivity contribution in [2.75, 3.05) is 20.3 Å². The number of fused-ring (bicyclic) bond motifs is 3. The van der Waals surface area contributed by atoms with Crippen molar-refractivity contribution in [1.29, 1.82) is 0 Å². The number of carbonyl (C=O) groups excluding carboxylic acids is 2. The van der Waals surface area contributed by atoms with E-state index >= 15 is 0 Å². The second kappa shape index (κ2) is 11.8. The number of methoxy groups -OCH3 is 1. The van der Waals surface area contributed by atoms with Crippen LogP contribution in [0.3, 0.4) is 0 Å². The Kier molecular flexibility index (Phi) is 8.62. The molecule has 0 fully saturated rings. The average Bonchev–Trinajstić information content (AvgIpc) is 3.16. The Morgan fingerprint density at radius 3 is 2.24 bits per heavy atom. The quantitative estimate of drug-likeness (QED) is 0.363. The van der Waals surface area contributed by atoms with Gasteiger partial charge in [0, 0.05) is 19.4 Å². The maximum absolute atomic E-state index is 12.5. The molecule has 0 radical (unpaired) electrons. The van der Waals surface area contributed by atoms with E-state index in [0.29, 0.717) is 0 Å². The zero-order valence-corrected chi connectivity index (χ0v) is 18.9. The number of hydrogen-bond acceptors (Lipinski definition) is 6. The third kappa shape index (κ3) is 5.92. The first-order valence-electron chi connectivity index (χ1n) is 10.6. The molecule has 1 aliphatic rings. The van der Waals surface area contributed by atoms with E-state index in [2.05, 4.69) is 17.2 Å². The van der Waals surface area contributed by atoms with Crippen LogP contribution in [0.25, 0.3) is 11.1 Å². The number of alkyl carbamates (subject to hydrolysis) is 1. The van der Waals surface area contributed by atoms with Gasteiger partial charge in [0.2, 0.25) is 6.10 Å². The number of carboxylic acids is 1. The van der Waals surface area contributed by atoms with Gasteiger partial charge in [-0.25, -0.2) is 15.1 Å². The maximum Gasteiger partial charge on any atom is 0.407 e.